The number of rotatable bonds is 1. The van der Waals surface area contributed by atoms with E-state index in [2.05, 4.69) is 21.4 Å². The van der Waals surface area contributed by atoms with E-state index in [0.29, 0.717) is 6.54 Å². The summed E-state index contributed by atoms with van der Waals surface area (Å²) in [5.74, 6) is 3.26. The maximum atomic E-state index is 5.04. The van der Waals surface area contributed by atoms with Gasteiger partial charge in [-0.2, -0.15) is 4.68 Å². The first-order chi connectivity index (χ1) is 4.34. The fourth-order valence-corrected chi connectivity index (χ4v) is 0.516. The van der Waals surface area contributed by atoms with E-state index in [1.54, 1.807) is 4.68 Å². The molecule has 1 rings (SSSR count). The molecule has 0 aliphatic rings. The van der Waals surface area contributed by atoms with E-state index in [9.17, 15) is 0 Å². The number of aromatic amines is 1. The molecule has 1 aromatic rings. The molecule has 0 aliphatic carbocycles. The molecule has 0 spiro atoms. The van der Waals surface area contributed by atoms with E-state index in [1.165, 1.54) is 0 Å². The Hall–Kier alpha value is -1.37. The van der Waals surface area contributed by atoms with Gasteiger partial charge in [-0.15, -0.1) is 6.42 Å². The summed E-state index contributed by atoms with van der Waals surface area (Å²) in [6.07, 6.45) is 5.04. The van der Waals surface area contributed by atoms with Crippen LogP contribution in [0.15, 0.2) is 0 Å². The smallest absolute Gasteiger partial charge is 0.150 e. The molecule has 0 aromatic carbocycles. The summed E-state index contributed by atoms with van der Waals surface area (Å²) >= 11 is 0. The van der Waals surface area contributed by atoms with Crippen molar-refractivity contribution in [1.82, 2.24) is 15.5 Å². The number of tetrazole rings is 1. The van der Waals surface area contributed by atoms with Crippen molar-refractivity contribution in [3.05, 3.63) is 5.82 Å². The second kappa shape index (κ2) is 2.27. The monoisotopic (exact) mass is 123 g/mol. The number of nitrogens with one attached hydrogen (secondary N) is 1. The van der Waals surface area contributed by atoms with E-state index < -0.39 is 0 Å². The van der Waals surface area contributed by atoms with Gasteiger partial charge in [-0.1, -0.05) is 11.1 Å². The van der Waals surface area contributed by atoms with Crippen molar-refractivity contribution >= 4 is 0 Å². The average molecular weight is 123 g/mol. The second-order valence-corrected chi connectivity index (χ2v) is 1.64. The number of hydrogen-bond donors (Lipinski definition) is 1. The molecule has 1 aromatic heterocycles. The van der Waals surface area contributed by atoms with Crippen molar-refractivity contribution in [2.45, 2.75) is 13.5 Å². The molecule has 4 nitrogen and oxygen atoms in total. The zero-order chi connectivity index (χ0) is 6.69. The Balaban J connectivity index is 2.84. The van der Waals surface area contributed by atoms with Crippen LogP contribution >= 0.6 is 0 Å². The van der Waals surface area contributed by atoms with Crippen LogP contribution in [-0.2, 0) is 6.54 Å². The maximum absolute atomic E-state index is 5.04. The van der Waals surface area contributed by atoms with Crippen molar-refractivity contribution in [1.29, 1.82) is 0 Å². The summed E-state index contributed by atoms with van der Waals surface area (Å²) in [6, 6.07) is 0. The minimum Gasteiger partial charge on any atom is -0.150 e. The third-order valence-electron chi connectivity index (χ3n) is 1.00. The molecule has 0 atom stereocenters. The van der Waals surface area contributed by atoms with E-state index in [1.807, 2.05) is 6.92 Å². The normalized spacial score (nSPS) is 8.89. The highest BCUT2D eigenvalue weighted by Gasteiger charge is 2.04. The molecule has 0 saturated heterocycles. The van der Waals surface area contributed by atoms with E-state index >= 15 is 0 Å². The minimum absolute atomic E-state index is 0.499. The summed E-state index contributed by atoms with van der Waals surface area (Å²) < 4.78 is 1.68. The Morgan fingerprint density at radius 2 is 2.67 bits per heavy atom. The van der Waals surface area contributed by atoms with Gasteiger partial charge in [0.1, 0.15) is 5.10 Å². The highest BCUT2D eigenvalue weighted by molar-refractivity contribution is 4.78. The Morgan fingerprint density at radius 3 is 3.11 bits per heavy atom. The van der Waals surface area contributed by atoms with Crippen LogP contribution in [0.2, 0.25) is 0 Å². The summed E-state index contributed by atoms with van der Waals surface area (Å²) in [4.78, 5) is 0. The summed E-state index contributed by atoms with van der Waals surface area (Å²) in [7, 11) is 0. The highest BCUT2D eigenvalue weighted by atomic mass is 15.5. The summed E-state index contributed by atoms with van der Waals surface area (Å²) in [5, 5.41) is 9.85. The van der Waals surface area contributed by atoms with Crippen LogP contribution in [0.25, 0.3) is 0 Å². The minimum atomic E-state index is 0.499. The lowest BCUT2D eigenvalue weighted by Crippen LogP contribution is -2.37. The number of H-pyrrole nitrogens is 1. The standard InChI is InChI=1S/C5H6N4/c1-3-4-9-5(2)6-7-8-9/h1H,4H2,2H3/p+1. The lowest BCUT2D eigenvalue weighted by Gasteiger charge is -1.83. The van der Waals surface area contributed by atoms with Gasteiger partial charge >= 0.3 is 0 Å². The third kappa shape index (κ3) is 1.05. The molecule has 0 fully saturated rings. The Bertz CT molecular complexity index is 231. The second-order valence-electron chi connectivity index (χ2n) is 1.64. The quantitative estimate of drug-likeness (QED) is 0.386. The molecule has 1 N–H and O–H groups in total. The van der Waals surface area contributed by atoms with Gasteiger partial charge in [-0.25, -0.2) is 0 Å². The molecule has 0 bridgehead atoms. The van der Waals surface area contributed by atoms with Gasteiger partial charge in [-0.05, 0) is 0 Å². The molecule has 0 radical (unpaired) electrons. The van der Waals surface area contributed by atoms with Crippen LogP contribution in [0.4, 0.5) is 0 Å². The zero-order valence-electron chi connectivity index (χ0n) is 5.13. The van der Waals surface area contributed by atoms with Crippen LogP contribution < -0.4 is 4.68 Å². The average Bonchev–Trinajstić information content (AvgIpc) is 2.18. The molecule has 0 aliphatic heterocycles. The molecular formula is C5H7N4+. The zero-order valence-corrected chi connectivity index (χ0v) is 5.13. The fourth-order valence-electron chi connectivity index (χ4n) is 0.516. The molecule has 0 unspecified atom stereocenters. The number of nitrogens with zero attached hydrogens (tertiary/aromatic N) is 3. The third-order valence-corrected chi connectivity index (χ3v) is 1.00. The number of aromatic nitrogens is 4. The number of aryl methyl sites for hydroxylation is 1. The van der Waals surface area contributed by atoms with E-state index in [4.69, 9.17) is 6.42 Å². The molecule has 0 amide bonds. The Labute approximate surface area is 52.9 Å². The van der Waals surface area contributed by atoms with Crippen LogP contribution in [0, 0.1) is 19.3 Å². The van der Waals surface area contributed by atoms with E-state index in [0.717, 1.165) is 5.82 Å². The molecule has 46 valence electrons. The van der Waals surface area contributed by atoms with Crippen LogP contribution in [0.1, 0.15) is 5.82 Å². The molecule has 0 saturated carbocycles. The van der Waals surface area contributed by atoms with Crippen molar-refractivity contribution in [3.8, 4) is 12.3 Å². The predicted octanol–water partition coefficient (Wildman–Crippen LogP) is -0.966. The molecule has 1 heterocycles. The molecule has 9 heavy (non-hydrogen) atoms. The molecular weight excluding hydrogens is 116 g/mol. The van der Waals surface area contributed by atoms with Crippen molar-refractivity contribution in [2.24, 2.45) is 0 Å². The molecule has 4 heteroatoms. The van der Waals surface area contributed by atoms with Gasteiger partial charge in [0.25, 0.3) is 5.82 Å². The summed E-state index contributed by atoms with van der Waals surface area (Å²) in [6.45, 7) is 2.33. The van der Waals surface area contributed by atoms with Gasteiger partial charge in [0.15, 0.2) is 11.8 Å². The SMILES string of the molecule is C#CC[n+]1[nH]nnc1C. The van der Waals surface area contributed by atoms with E-state index in [-0.39, 0.29) is 0 Å². The maximum Gasteiger partial charge on any atom is 0.298 e. The number of terminal acetylenes is 1. The first kappa shape index (κ1) is 5.76. The predicted molar refractivity (Wildman–Crippen MR) is 30.1 cm³/mol. The van der Waals surface area contributed by atoms with Crippen molar-refractivity contribution in [2.75, 3.05) is 0 Å². The Morgan fingerprint density at radius 1 is 1.89 bits per heavy atom. The van der Waals surface area contributed by atoms with Crippen LogP contribution in [0.3, 0.4) is 0 Å². The number of hydrogen-bond acceptors (Lipinski definition) is 2. The van der Waals surface area contributed by atoms with Crippen molar-refractivity contribution in [3.63, 3.8) is 0 Å². The van der Waals surface area contributed by atoms with Gasteiger partial charge in [0, 0.05) is 6.92 Å². The van der Waals surface area contributed by atoms with Gasteiger partial charge in [-0.3, -0.25) is 0 Å². The fraction of sp³-hybridized carbons (Fsp3) is 0.400. The van der Waals surface area contributed by atoms with Crippen LogP contribution in [-0.4, -0.2) is 15.5 Å². The topological polar surface area (TPSA) is 45.5 Å². The van der Waals surface area contributed by atoms with Gasteiger partial charge in [0.05, 0.1) is 0 Å². The first-order valence-corrected chi connectivity index (χ1v) is 2.55. The largest absolute Gasteiger partial charge is 0.298 e. The first-order valence-electron chi connectivity index (χ1n) is 2.55. The Kier molecular flexibility index (Phi) is 1.45. The summed E-state index contributed by atoms with van der Waals surface area (Å²) in [5.41, 5.74) is 0. The van der Waals surface area contributed by atoms with Gasteiger partial charge in [0.2, 0.25) is 0 Å². The highest BCUT2D eigenvalue weighted by Crippen LogP contribution is 1.71. The van der Waals surface area contributed by atoms with Crippen molar-refractivity contribution < 1.29 is 4.68 Å². The van der Waals surface area contributed by atoms with Gasteiger partial charge < -0.3 is 0 Å². The van der Waals surface area contributed by atoms with Crippen LogP contribution in [0.5, 0.6) is 0 Å². The lowest BCUT2D eigenvalue weighted by molar-refractivity contribution is -0.748. The lowest BCUT2D eigenvalue weighted by atomic mass is 10.6.